The lowest BCUT2D eigenvalue weighted by Crippen LogP contribution is -2.43. The topological polar surface area (TPSA) is 39.7 Å². The van der Waals surface area contributed by atoms with Gasteiger partial charge in [-0.2, -0.15) is 0 Å². The molecule has 1 unspecified atom stereocenters. The summed E-state index contributed by atoms with van der Waals surface area (Å²) in [5, 5.41) is 6.73. The van der Waals surface area contributed by atoms with Gasteiger partial charge in [-0.05, 0) is 53.6 Å². The molecule has 0 aromatic carbocycles. The highest BCUT2D eigenvalue weighted by Gasteiger charge is 2.25. The zero-order chi connectivity index (χ0) is 15.0. The molecule has 0 radical (unpaired) electrons. The SMILES string of the molecule is CCNC(=NCC(C1CCCCC1)N(C)C)NC(C)C. The molecule has 20 heavy (non-hydrogen) atoms. The number of hydrogen-bond acceptors (Lipinski definition) is 2. The Labute approximate surface area is 125 Å². The van der Waals surface area contributed by atoms with Gasteiger partial charge in [0.25, 0.3) is 0 Å². The van der Waals surface area contributed by atoms with E-state index in [0.717, 1.165) is 25.0 Å². The summed E-state index contributed by atoms with van der Waals surface area (Å²) in [6.45, 7) is 8.21. The Morgan fingerprint density at radius 1 is 1.20 bits per heavy atom. The fraction of sp³-hybridized carbons (Fsp3) is 0.938. The maximum atomic E-state index is 4.80. The van der Waals surface area contributed by atoms with Crippen LogP contribution in [0.4, 0.5) is 0 Å². The first-order chi connectivity index (χ1) is 9.54. The first-order valence-corrected chi connectivity index (χ1v) is 8.25. The number of nitrogens with zero attached hydrogens (tertiary/aromatic N) is 2. The van der Waals surface area contributed by atoms with E-state index in [1.54, 1.807) is 0 Å². The van der Waals surface area contributed by atoms with Crippen LogP contribution in [-0.4, -0.2) is 50.1 Å². The Morgan fingerprint density at radius 3 is 2.35 bits per heavy atom. The lowest BCUT2D eigenvalue weighted by molar-refractivity contribution is 0.176. The van der Waals surface area contributed by atoms with E-state index in [4.69, 9.17) is 4.99 Å². The molecule has 4 heteroatoms. The van der Waals surface area contributed by atoms with Gasteiger partial charge in [0.1, 0.15) is 0 Å². The van der Waals surface area contributed by atoms with Gasteiger partial charge in [-0.15, -0.1) is 0 Å². The third kappa shape index (κ3) is 6.12. The Morgan fingerprint density at radius 2 is 1.85 bits per heavy atom. The van der Waals surface area contributed by atoms with Gasteiger partial charge in [0.15, 0.2) is 5.96 Å². The number of hydrogen-bond donors (Lipinski definition) is 2. The first-order valence-electron chi connectivity index (χ1n) is 8.25. The third-order valence-electron chi connectivity index (χ3n) is 4.06. The van der Waals surface area contributed by atoms with Gasteiger partial charge < -0.3 is 15.5 Å². The van der Waals surface area contributed by atoms with Crippen LogP contribution >= 0.6 is 0 Å². The average Bonchev–Trinajstić information content (AvgIpc) is 2.39. The predicted molar refractivity (Wildman–Crippen MR) is 88.3 cm³/mol. The minimum absolute atomic E-state index is 0.417. The van der Waals surface area contributed by atoms with Gasteiger partial charge in [0.2, 0.25) is 0 Å². The van der Waals surface area contributed by atoms with Gasteiger partial charge in [-0.1, -0.05) is 19.3 Å². The predicted octanol–water partition coefficient (Wildman–Crippen LogP) is 2.46. The molecule has 1 aliphatic carbocycles. The third-order valence-corrected chi connectivity index (χ3v) is 4.06. The summed E-state index contributed by atoms with van der Waals surface area (Å²) in [6, 6.07) is 0.984. The van der Waals surface area contributed by atoms with Gasteiger partial charge in [0, 0.05) is 18.6 Å². The Kier molecular flexibility index (Phi) is 7.97. The molecule has 0 saturated heterocycles. The van der Waals surface area contributed by atoms with Crippen LogP contribution in [0.15, 0.2) is 4.99 Å². The summed E-state index contributed by atoms with van der Waals surface area (Å²) in [6.07, 6.45) is 6.93. The van der Waals surface area contributed by atoms with Gasteiger partial charge in [-0.25, -0.2) is 0 Å². The number of nitrogens with one attached hydrogen (secondary N) is 2. The first kappa shape index (κ1) is 17.3. The maximum absolute atomic E-state index is 4.80. The molecule has 0 aromatic heterocycles. The molecule has 0 spiro atoms. The Balaban J connectivity index is 2.62. The molecule has 0 bridgehead atoms. The highest BCUT2D eigenvalue weighted by atomic mass is 15.2. The fourth-order valence-electron chi connectivity index (χ4n) is 3.03. The summed E-state index contributed by atoms with van der Waals surface area (Å²) >= 11 is 0. The summed E-state index contributed by atoms with van der Waals surface area (Å²) < 4.78 is 0. The van der Waals surface area contributed by atoms with E-state index in [-0.39, 0.29) is 0 Å². The number of likely N-dealkylation sites (N-methyl/N-ethyl adjacent to an activating group) is 1. The number of guanidine groups is 1. The molecule has 0 aliphatic heterocycles. The second-order valence-corrected chi connectivity index (χ2v) is 6.45. The zero-order valence-corrected chi connectivity index (χ0v) is 14.1. The molecule has 0 aromatic rings. The van der Waals surface area contributed by atoms with Crippen LogP contribution in [0.25, 0.3) is 0 Å². The summed E-state index contributed by atoms with van der Waals surface area (Å²) in [4.78, 5) is 7.16. The fourth-order valence-corrected chi connectivity index (χ4v) is 3.03. The van der Waals surface area contributed by atoms with Gasteiger partial charge in [0.05, 0.1) is 6.54 Å². The minimum Gasteiger partial charge on any atom is -0.357 e. The molecule has 0 heterocycles. The van der Waals surface area contributed by atoms with Crippen molar-refractivity contribution in [2.45, 2.75) is 65.0 Å². The molecule has 1 rings (SSSR count). The van der Waals surface area contributed by atoms with Crippen LogP contribution in [-0.2, 0) is 0 Å². The van der Waals surface area contributed by atoms with Crippen molar-refractivity contribution < 1.29 is 0 Å². The summed E-state index contributed by atoms with van der Waals surface area (Å²) in [7, 11) is 4.38. The van der Waals surface area contributed by atoms with Gasteiger partial charge >= 0.3 is 0 Å². The highest BCUT2D eigenvalue weighted by Crippen LogP contribution is 2.28. The van der Waals surface area contributed by atoms with Crippen LogP contribution < -0.4 is 10.6 Å². The quantitative estimate of drug-likeness (QED) is 0.581. The second-order valence-electron chi connectivity index (χ2n) is 6.45. The van der Waals surface area contributed by atoms with Crippen LogP contribution in [0.1, 0.15) is 52.9 Å². The molecule has 2 N–H and O–H groups in total. The van der Waals surface area contributed by atoms with Crippen molar-refractivity contribution in [2.24, 2.45) is 10.9 Å². The van der Waals surface area contributed by atoms with E-state index < -0.39 is 0 Å². The van der Waals surface area contributed by atoms with Crippen molar-refractivity contribution >= 4 is 5.96 Å². The molecule has 1 aliphatic rings. The zero-order valence-electron chi connectivity index (χ0n) is 14.1. The average molecular weight is 282 g/mol. The molecule has 0 amide bonds. The van der Waals surface area contributed by atoms with E-state index in [1.807, 2.05) is 0 Å². The summed E-state index contributed by atoms with van der Waals surface area (Å²) in [5.41, 5.74) is 0. The molecule has 1 fully saturated rings. The maximum Gasteiger partial charge on any atom is 0.191 e. The Hall–Kier alpha value is -0.770. The van der Waals surface area contributed by atoms with E-state index in [2.05, 4.69) is 50.4 Å². The van der Waals surface area contributed by atoms with Crippen molar-refractivity contribution in [3.05, 3.63) is 0 Å². The van der Waals surface area contributed by atoms with Crippen LogP contribution in [0, 0.1) is 5.92 Å². The monoisotopic (exact) mass is 282 g/mol. The van der Waals surface area contributed by atoms with Crippen molar-refractivity contribution in [3.63, 3.8) is 0 Å². The van der Waals surface area contributed by atoms with Crippen molar-refractivity contribution in [1.29, 1.82) is 0 Å². The Bertz CT molecular complexity index is 280. The van der Waals surface area contributed by atoms with E-state index in [9.17, 15) is 0 Å². The highest BCUT2D eigenvalue weighted by molar-refractivity contribution is 5.80. The van der Waals surface area contributed by atoms with E-state index in [0.29, 0.717) is 12.1 Å². The second kappa shape index (κ2) is 9.22. The summed E-state index contributed by atoms with van der Waals surface area (Å²) in [5.74, 6) is 1.76. The van der Waals surface area contributed by atoms with Crippen LogP contribution in [0.2, 0.25) is 0 Å². The van der Waals surface area contributed by atoms with Gasteiger partial charge in [-0.3, -0.25) is 4.99 Å². The normalized spacial score (nSPS) is 19.4. The minimum atomic E-state index is 0.417. The molecule has 118 valence electrons. The lowest BCUT2D eigenvalue weighted by Gasteiger charge is -2.34. The lowest BCUT2D eigenvalue weighted by atomic mass is 9.83. The van der Waals surface area contributed by atoms with E-state index in [1.165, 1.54) is 32.1 Å². The van der Waals surface area contributed by atoms with Crippen molar-refractivity contribution in [3.8, 4) is 0 Å². The molecular formula is C16H34N4. The molecule has 1 saturated carbocycles. The molecular weight excluding hydrogens is 248 g/mol. The molecule has 1 atom stereocenters. The number of aliphatic imine (C=N–C) groups is 1. The van der Waals surface area contributed by atoms with E-state index >= 15 is 0 Å². The smallest absolute Gasteiger partial charge is 0.191 e. The molecule has 4 nitrogen and oxygen atoms in total. The van der Waals surface area contributed by atoms with Crippen LogP contribution in [0.5, 0.6) is 0 Å². The van der Waals surface area contributed by atoms with Crippen molar-refractivity contribution in [1.82, 2.24) is 15.5 Å². The van der Waals surface area contributed by atoms with Crippen molar-refractivity contribution in [2.75, 3.05) is 27.2 Å². The van der Waals surface area contributed by atoms with Crippen LogP contribution in [0.3, 0.4) is 0 Å². The largest absolute Gasteiger partial charge is 0.357 e. The standard InChI is InChI=1S/C16H34N4/c1-6-17-16(19-13(2)3)18-12-15(20(4)5)14-10-8-7-9-11-14/h13-15H,6-12H2,1-5H3,(H2,17,18,19). The number of rotatable bonds is 6.